The fourth-order valence-corrected chi connectivity index (χ4v) is 2.71. The summed E-state index contributed by atoms with van der Waals surface area (Å²) in [6.45, 7) is 5.36. The molecule has 0 aliphatic carbocycles. The number of fused-ring (bicyclic) bond motifs is 1. The number of anilines is 1. The second kappa shape index (κ2) is 8.08. The summed E-state index contributed by atoms with van der Waals surface area (Å²) in [7, 11) is 0. The fourth-order valence-electron chi connectivity index (χ4n) is 2.71. The van der Waals surface area contributed by atoms with Crippen molar-refractivity contribution < 1.29 is 18.7 Å². The lowest BCUT2D eigenvalue weighted by atomic mass is 10.1. The first-order valence-electron chi connectivity index (χ1n) is 9.02. The summed E-state index contributed by atoms with van der Waals surface area (Å²) in [5, 5.41) is 3.08. The van der Waals surface area contributed by atoms with Crippen LogP contribution in [-0.4, -0.2) is 18.0 Å². The van der Waals surface area contributed by atoms with Crippen molar-refractivity contribution in [2.75, 3.05) is 5.32 Å². The fraction of sp³-hybridized carbons (Fsp3) is 0.227. The molecule has 1 amide bonds. The molecular formula is C22H21NO5. The Bertz CT molecular complexity index is 1080. The Labute approximate surface area is 162 Å². The summed E-state index contributed by atoms with van der Waals surface area (Å²) in [6.07, 6.45) is -0.156. The molecule has 3 rings (SSSR count). The van der Waals surface area contributed by atoms with Gasteiger partial charge in [0.25, 0.3) is 5.91 Å². The van der Waals surface area contributed by atoms with Crippen molar-refractivity contribution in [2.45, 2.75) is 33.3 Å². The van der Waals surface area contributed by atoms with Crippen LogP contribution in [0.3, 0.4) is 0 Å². The van der Waals surface area contributed by atoms with E-state index in [1.165, 1.54) is 6.92 Å². The van der Waals surface area contributed by atoms with E-state index in [0.29, 0.717) is 11.1 Å². The number of nitrogens with one attached hydrogen (secondary N) is 1. The van der Waals surface area contributed by atoms with Crippen molar-refractivity contribution in [3.8, 4) is 0 Å². The van der Waals surface area contributed by atoms with Gasteiger partial charge in [0.1, 0.15) is 5.58 Å². The van der Waals surface area contributed by atoms with E-state index in [2.05, 4.69) is 5.32 Å². The lowest BCUT2D eigenvalue weighted by molar-refractivity contribution is -0.123. The number of aryl methyl sites for hydroxylation is 2. The van der Waals surface area contributed by atoms with Crippen molar-refractivity contribution in [1.29, 1.82) is 0 Å². The zero-order valence-corrected chi connectivity index (χ0v) is 15.9. The highest BCUT2D eigenvalue weighted by Crippen LogP contribution is 2.16. The highest BCUT2D eigenvalue weighted by Gasteiger charge is 2.21. The van der Waals surface area contributed by atoms with Crippen LogP contribution in [0.2, 0.25) is 0 Å². The van der Waals surface area contributed by atoms with Crippen LogP contribution in [0.15, 0.2) is 57.7 Å². The monoisotopic (exact) mass is 379 g/mol. The molecule has 1 heterocycles. The molecule has 0 saturated heterocycles. The summed E-state index contributed by atoms with van der Waals surface area (Å²) in [4.78, 5) is 36.8. The Morgan fingerprint density at radius 2 is 1.82 bits per heavy atom. The number of hydrogen-bond donors (Lipinski definition) is 1. The first-order valence-corrected chi connectivity index (χ1v) is 9.02. The molecule has 2 aromatic carbocycles. The van der Waals surface area contributed by atoms with Gasteiger partial charge in [-0.2, -0.15) is 0 Å². The highest BCUT2D eigenvalue weighted by atomic mass is 16.6. The molecule has 0 spiro atoms. The smallest absolute Gasteiger partial charge is 0.375 e. The molecule has 6 nitrogen and oxygen atoms in total. The zero-order chi connectivity index (χ0) is 20.3. The van der Waals surface area contributed by atoms with Gasteiger partial charge in [-0.05, 0) is 50.1 Å². The van der Waals surface area contributed by atoms with Crippen molar-refractivity contribution >= 4 is 28.5 Å². The maximum absolute atomic E-state index is 12.3. The van der Waals surface area contributed by atoms with Gasteiger partial charge in [-0.3, -0.25) is 9.59 Å². The second-order valence-corrected chi connectivity index (χ2v) is 6.56. The summed E-state index contributed by atoms with van der Waals surface area (Å²) in [5.41, 5.74) is 2.62. The van der Waals surface area contributed by atoms with E-state index in [-0.39, 0.29) is 16.8 Å². The maximum atomic E-state index is 12.3. The van der Waals surface area contributed by atoms with E-state index in [1.807, 2.05) is 26.0 Å². The van der Waals surface area contributed by atoms with Gasteiger partial charge in [0.15, 0.2) is 11.5 Å². The first kappa shape index (κ1) is 19.4. The molecule has 144 valence electrons. The molecule has 6 heteroatoms. The minimum absolute atomic E-state index is 0.242. The van der Waals surface area contributed by atoms with Gasteiger partial charge in [-0.15, -0.1) is 0 Å². The molecule has 1 aromatic heterocycles. The largest absolute Gasteiger partial charge is 0.449 e. The van der Waals surface area contributed by atoms with Crippen LogP contribution in [0, 0.1) is 6.92 Å². The van der Waals surface area contributed by atoms with Crippen molar-refractivity contribution in [3.05, 3.63) is 75.6 Å². The Kier molecular flexibility index (Phi) is 5.59. The van der Waals surface area contributed by atoms with E-state index < -0.39 is 18.0 Å². The number of benzene rings is 2. The van der Waals surface area contributed by atoms with Crippen molar-refractivity contribution in [1.82, 2.24) is 0 Å². The van der Waals surface area contributed by atoms with E-state index in [9.17, 15) is 14.4 Å². The average Bonchev–Trinajstić information content (AvgIpc) is 2.68. The van der Waals surface area contributed by atoms with Gasteiger partial charge in [-0.25, -0.2) is 4.79 Å². The predicted molar refractivity (Wildman–Crippen MR) is 107 cm³/mol. The SMILES string of the molecule is CCc1ccc(NC(=O)[C@H](C)OC(=O)c2cc(=O)c3cc(C)ccc3o2)cc1. The van der Waals surface area contributed by atoms with Gasteiger partial charge in [-0.1, -0.05) is 30.7 Å². The number of carbonyl (C=O) groups is 2. The zero-order valence-electron chi connectivity index (χ0n) is 15.9. The Morgan fingerprint density at radius 3 is 2.50 bits per heavy atom. The van der Waals surface area contributed by atoms with E-state index in [4.69, 9.17) is 9.15 Å². The quantitative estimate of drug-likeness (QED) is 0.681. The topological polar surface area (TPSA) is 85.6 Å². The van der Waals surface area contributed by atoms with Crippen molar-refractivity contribution in [3.63, 3.8) is 0 Å². The number of ether oxygens (including phenoxy) is 1. The van der Waals surface area contributed by atoms with Gasteiger partial charge in [0.05, 0.1) is 5.39 Å². The molecule has 0 aliphatic rings. The maximum Gasteiger partial charge on any atom is 0.375 e. The van der Waals surface area contributed by atoms with E-state index in [0.717, 1.165) is 23.6 Å². The van der Waals surface area contributed by atoms with Gasteiger partial charge in [0.2, 0.25) is 5.76 Å². The van der Waals surface area contributed by atoms with Gasteiger partial charge < -0.3 is 14.5 Å². The number of hydrogen-bond acceptors (Lipinski definition) is 5. The van der Waals surface area contributed by atoms with E-state index >= 15 is 0 Å². The van der Waals surface area contributed by atoms with Crippen LogP contribution in [0.5, 0.6) is 0 Å². The van der Waals surface area contributed by atoms with Crippen molar-refractivity contribution in [2.24, 2.45) is 0 Å². The van der Waals surface area contributed by atoms with Crippen LogP contribution in [0.4, 0.5) is 5.69 Å². The third kappa shape index (κ3) is 4.28. The lowest BCUT2D eigenvalue weighted by Gasteiger charge is -2.13. The van der Waals surface area contributed by atoms with Crippen LogP contribution >= 0.6 is 0 Å². The molecule has 0 saturated carbocycles. The standard InChI is InChI=1S/C22H21NO5/c1-4-15-6-8-16(9-7-15)23-21(25)14(3)27-22(26)20-12-18(24)17-11-13(2)5-10-19(17)28-20/h5-12,14H,4H2,1-3H3,(H,23,25)/t14-/m0/s1. The summed E-state index contributed by atoms with van der Waals surface area (Å²) in [5.74, 6) is -1.59. The molecule has 0 unspecified atom stereocenters. The van der Waals surface area contributed by atoms with E-state index in [1.54, 1.807) is 30.3 Å². The van der Waals surface area contributed by atoms with Crippen LogP contribution in [-0.2, 0) is 16.0 Å². The Hall–Kier alpha value is -3.41. The molecule has 0 radical (unpaired) electrons. The highest BCUT2D eigenvalue weighted by molar-refractivity contribution is 5.97. The second-order valence-electron chi connectivity index (χ2n) is 6.56. The number of esters is 1. The predicted octanol–water partition coefficient (Wildman–Crippen LogP) is 3.85. The van der Waals surface area contributed by atoms with Crippen LogP contribution < -0.4 is 10.7 Å². The molecular weight excluding hydrogens is 358 g/mol. The first-order chi connectivity index (χ1) is 13.4. The normalized spacial score (nSPS) is 11.8. The molecule has 28 heavy (non-hydrogen) atoms. The summed E-state index contributed by atoms with van der Waals surface area (Å²) < 4.78 is 10.6. The molecule has 0 bridgehead atoms. The summed E-state index contributed by atoms with van der Waals surface area (Å²) >= 11 is 0. The lowest BCUT2D eigenvalue weighted by Crippen LogP contribution is -2.30. The Morgan fingerprint density at radius 1 is 1.11 bits per heavy atom. The minimum atomic E-state index is -1.06. The molecule has 3 aromatic rings. The minimum Gasteiger partial charge on any atom is -0.449 e. The molecule has 0 aliphatic heterocycles. The third-order valence-electron chi connectivity index (χ3n) is 4.37. The average molecular weight is 379 g/mol. The van der Waals surface area contributed by atoms with Gasteiger partial charge in [0, 0.05) is 11.8 Å². The number of rotatable bonds is 5. The molecule has 1 N–H and O–H groups in total. The number of amides is 1. The van der Waals surface area contributed by atoms with Crippen LogP contribution in [0.25, 0.3) is 11.0 Å². The molecule has 1 atom stereocenters. The summed E-state index contributed by atoms with van der Waals surface area (Å²) in [6, 6.07) is 13.6. The van der Waals surface area contributed by atoms with Crippen LogP contribution in [0.1, 0.15) is 35.5 Å². The third-order valence-corrected chi connectivity index (χ3v) is 4.37. The molecule has 0 fully saturated rings. The Balaban J connectivity index is 1.71. The number of carbonyl (C=O) groups excluding carboxylic acids is 2. The van der Waals surface area contributed by atoms with Gasteiger partial charge >= 0.3 is 5.97 Å².